The largest absolute Gasteiger partial charge is 0.418 e. The molecule has 0 saturated carbocycles. The van der Waals surface area contributed by atoms with E-state index in [2.05, 4.69) is 4.98 Å². The highest BCUT2D eigenvalue weighted by Gasteiger charge is 2.33. The number of nitrogens with two attached hydrogens (primary N) is 1. The summed E-state index contributed by atoms with van der Waals surface area (Å²) in [4.78, 5) is 15.7. The Hall–Kier alpha value is -2.37. The first kappa shape index (κ1) is 13.1. The van der Waals surface area contributed by atoms with Gasteiger partial charge in [0.2, 0.25) is 0 Å². The van der Waals surface area contributed by atoms with Gasteiger partial charge in [0.15, 0.2) is 5.78 Å². The van der Waals surface area contributed by atoms with E-state index in [1.165, 1.54) is 30.6 Å². The molecule has 6 heteroatoms. The van der Waals surface area contributed by atoms with E-state index >= 15 is 0 Å². The second kappa shape index (κ2) is 4.72. The van der Waals surface area contributed by atoms with E-state index in [-0.39, 0.29) is 11.1 Å². The number of alkyl halides is 3. The summed E-state index contributed by atoms with van der Waals surface area (Å²) in [5, 5.41) is 0. The maximum absolute atomic E-state index is 12.7. The number of nitrogen functional groups attached to an aromatic ring is 1. The highest BCUT2D eigenvalue weighted by molar-refractivity contribution is 6.09. The zero-order valence-electron chi connectivity index (χ0n) is 9.61. The van der Waals surface area contributed by atoms with Crippen LogP contribution < -0.4 is 5.73 Å². The van der Waals surface area contributed by atoms with Crippen LogP contribution in [-0.4, -0.2) is 10.8 Å². The predicted molar refractivity (Wildman–Crippen MR) is 63.5 cm³/mol. The van der Waals surface area contributed by atoms with Crippen LogP contribution in [0.25, 0.3) is 0 Å². The molecule has 2 aromatic rings. The Labute approximate surface area is 106 Å². The van der Waals surface area contributed by atoms with Crippen LogP contribution in [-0.2, 0) is 6.18 Å². The Morgan fingerprint density at radius 3 is 2.26 bits per heavy atom. The molecule has 0 aliphatic heterocycles. The summed E-state index contributed by atoms with van der Waals surface area (Å²) in [6, 6.07) is 5.99. The lowest BCUT2D eigenvalue weighted by molar-refractivity contribution is -0.136. The lowest BCUT2D eigenvalue weighted by Gasteiger charge is -2.11. The van der Waals surface area contributed by atoms with Crippen molar-refractivity contribution in [3.8, 4) is 0 Å². The van der Waals surface area contributed by atoms with Crippen LogP contribution >= 0.6 is 0 Å². The number of halogens is 3. The van der Waals surface area contributed by atoms with E-state index in [0.717, 1.165) is 12.1 Å². The van der Waals surface area contributed by atoms with Crippen molar-refractivity contribution in [2.75, 3.05) is 5.73 Å². The Morgan fingerprint density at radius 2 is 1.68 bits per heavy atom. The lowest BCUT2D eigenvalue weighted by atomic mass is 10.0. The molecule has 1 aromatic carbocycles. The molecule has 0 saturated heterocycles. The van der Waals surface area contributed by atoms with Crippen LogP contribution in [0.4, 0.5) is 18.9 Å². The van der Waals surface area contributed by atoms with Gasteiger partial charge in [-0.3, -0.25) is 9.78 Å². The summed E-state index contributed by atoms with van der Waals surface area (Å²) < 4.78 is 38.1. The van der Waals surface area contributed by atoms with Crippen LogP contribution in [0.15, 0.2) is 42.7 Å². The lowest BCUT2D eigenvalue weighted by Crippen LogP contribution is -2.11. The third-order valence-corrected chi connectivity index (χ3v) is 2.56. The van der Waals surface area contributed by atoms with E-state index in [1.807, 2.05) is 0 Å². The minimum Gasteiger partial charge on any atom is -0.398 e. The van der Waals surface area contributed by atoms with Crippen molar-refractivity contribution in [3.63, 3.8) is 0 Å². The number of hydrogen-bond acceptors (Lipinski definition) is 3. The maximum Gasteiger partial charge on any atom is 0.418 e. The fourth-order valence-corrected chi connectivity index (χ4v) is 1.61. The first-order valence-electron chi connectivity index (χ1n) is 5.31. The highest BCUT2D eigenvalue weighted by atomic mass is 19.4. The van der Waals surface area contributed by atoms with E-state index in [4.69, 9.17) is 5.73 Å². The predicted octanol–water partition coefficient (Wildman–Crippen LogP) is 2.91. The second-order valence-electron chi connectivity index (χ2n) is 3.86. The van der Waals surface area contributed by atoms with Crippen LogP contribution in [0.3, 0.4) is 0 Å². The van der Waals surface area contributed by atoms with Gasteiger partial charge in [0.05, 0.1) is 5.56 Å². The topological polar surface area (TPSA) is 56.0 Å². The Morgan fingerprint density at radius 1 is 1.05 bits per heavy atom. The molecule has 98 valence electrons. The van der Waals surface area contributed by atoms with Crippen LogP contribution in [0.5, 0.6) is 0 Å². The molecule has 1 heterocycles. The third-order valence-electron chi connectivity index (χ3n) is 2.56. The molecule has 0 bridgehead atoms. The summed E-state index contributed by atoms with van der Waals surface area (Å²) in [6.45, 7) is 0. The summed E-state index contributed by atoms with van der Waals surface area (Å²) in [5.74, 6) is -0.507. The van der Waals surface area contributed by atoms with E-state index in [9.17, 15) is 18.0 Å². The average Bonchev–Trinajstić information content (AvgIpc) is 2.38. The summed E-state index contributed by atoms with van der Waals surface area (Å²) >= 11 is 0. The molecule has 0 fully saturated rings. The summed E-state index contributed by atoms with van der Waals surface area (Å²) in [7, 11) is 0. The molecule has 2 rings (SSSR count). The van der Waals surface area contributed by atoms with Crippen molar-refractivity contribution in [1.29, 1.82) is 0 Å². The van der Waals surface area contributed by atoms with Crippen LogP contribution in [0.2, 0.25) is 0 Å². The first-order chi connectivity index (χ1) is 8.89. The number of hydrogen-bond donors (Lipinski definition) is 1. The fourth-order valence-electron chi connectivity index (χ4n) is 1.61. The van der Waals surface area contributed by atoms with Gasteiger partial charge in [-0.1, -0.05) is 0 Å². The molecule has 19 heavy (non-hydrogen) atoms. The molecule has 0 atom stereocenters. The molecule has 3 nitrogen and oxygen atoms in total. The smallest absolute Gasteiger partial charge is 0.398 e. The van der Waals surface area contributed by atoms with Gasteiger partial charge in [0.1, 0.15) is 0 Å². The van der Waals surface area contributed by atoms with Crippen molar-refractivity contribution in [2.45, 2.75) is 6.18 Å². The number of benzene rings is 1. The molecule has 0 radical (unpaired) electrons. The summed E-state index contributed by atoms with van der Waals surface area (Å²) in [5.41, 5.74) is 4.07. The first-order valence-corrected chi connectivity index (χ1v) is 5.31. The number of anilines is 1. The van der Waals surface area contributed by atoms with Crippen molar-refractivity contribution in [1.82, 2.24) is 4.98 Å². The number of aromatic nitrogens is 1. The number of nitrogens with zero attached hydrogens (tertiary/aromatic N) is 1. The summed E-state index contributed by atoms with van der Waals surface area (Å²) in [6.07, 6.45) is -1.79. The molecule has 0 unspecified atom stereocenters. The van der Waals surface area contributed by atoms with Gasteiger partial charge < -0.3 is 5.73 Å². The average molecular weight is 266 g/mol. The molecular formula is C13H9F3N2O. The maximum atomic E-state index is 12.7. The second-order valence-corrected chi connectivity index (χ2v) is 3.86. The Balaban J connectivity index is 2.45. The van der Waals surface area contributed by atoms with Gasteiger partial charge in [-0.15, -0.1) is 0 Å². The van der Waals surface area contributed by atoms with Crippen molar-refractivity contribution in [3.05, 3.63) is 59.4 Å². The number of rotatable bonds is 2. The van der Waals surface area contributed by atoms with Gasteiger partial charge in [-0.2, -0.15) is 13.2 Å². The van der Waals surface area contributed by atoms with Gasteiger partial charge >= 0.3 is 6.18 Å². The van der Waals surface area contributed by atoms with Crippen molar-refractivity contribution in [2.24, 2.45) is 0 Å². The van der Waals surface area contributed by atoms with E-state index in [0.29, 0.717) is 0 Å². The Bertz CT molecular complexity index is 609. The van der Waals surface area contributed by atoms with E-state index < -0.39 is 23.2 Å². The van der Waals surface area contributed by atoms with E-state index in [1.54, 1.807) is 0 Å². The number of carbonyl (C=O) groups excluding carboxylic acids is 1. The molecule has 0 aliphatic rings. The Kier molecular flexibility index (Phi) is 3.25. The molecule has 0 spiro atoms. The molecule has 0 amide bonds. The monoisotopic (exact) mass is 266 g/mol. The molecule has 0 aliphatic carbocycles. The normalized spacial score (nSPS) is 11.3. The third kappa shape index (κ3) is 2.73. The number of carbonyl (C=O) groups is 1. The van der Waals surface area contributed by atoms with Gasteiger partial charge in [0.25, 0.3) is 0 Å². The van der Waals surface area contributed by atoms with Gasteiger partial charge in [-0.05, 0) is 30.3 Å². The van der Waals surface area contributed by atoms with Crippen LogP contribution in [0, 0.1) is 0 Å². The van der Waals surface area contributed by atoms with Crippen molar-refractivity contribution < 1.29 is 18.0 Å². The highest BCUT2D eigenvalue weighted by Crippen LogP contribution is 2.34. The minimum atomic E-state index is -4.58. The standard InChI is InChI=1S/C13H9F3N2O/c14-13(15,16)10-7-9(1-2-11(10)17)12(19)8-3-5-18-6-4-8/h1-7H,17H2. The zero-order valence-corrected chi connectivity index (χ0v) is 9.61. The van der Waals surface area contributed by atoms with Gasteiger partial charge in [-0.25, -0.2) is 0 Å². The molecule has 1 aromatic heterocycles. The van der Waals surface area contributed by atoms with Gasteiger partial charge in [0, 0.05) is 29.2 Å². The quantitative estimate of drug-likeness (QED) is 0.671. The molecule has 2 N–H and O–H groups in total. The fraction of sp³-hybridized carbons (Fsp3) is 0.0769. The number of ketones is 1. The van der Waals surface area contributed by atoms with Crippen molar-refractivity contribution >= 4 is 11.5 Å². The minimum absolute atomic E-state index is 0.0623. The molecular weight excluding hydrogens is 257 g/mol. The van der Waals surface area contributed by atoms with Crippen LogP contribution in [0.1, 0.15) is 21.5 Å². The number of pyridine rings is 1. The zero-order chi connectivity index (χ0) is 14.0. The SMILES string of the molecule is Nc1ccc(C(=O)c2ccncc2)cc1C(F)(F)F.